The fraction of sp³-hybridized carbons (Fsp3) is 0.556. The fourth-order valence-corrected chi connectivity index (χ4v) is 0.880. The molecule has 0 atom stereocenters. The number of ether oxygens (including phenoxy) is 1. The molecule has 0 N–H and O–H groups in total. The number of carbonyl (C=O) groups excluding carboxylic acids is 1. The minimum atomic E-state index is -2.72. The van der Waals surface area contributed by atoms with E-state index in [0.717, 1.165) is 4.57 Å². The van der Waals surface area contributed by atoms with Crippen LogP contribution in [0.25, 0.3) is 0 Å². The lowest BCUT2D eigenvalue weighted by atomic mass is 10.1. The van der Waals surface area contributed by atoms with Crippen molar-refractivity contribution in [2.24, 2.45) is 7.05 Å². The highest BCUT2D eigenvalue weighted by Gasteiger charge is 2.35. The van der Waals surface area contributed by atoms with Crippen LogP contribution in [-0.4, -0.2) is 22.7 Å². The summed E-state index contributed by atoms with van der Waals surface area (Å²) < 4.78 is 32.2. The summed E-state index contributed by atoms with van der Waals surface area (Å²) in [5, 5.41) is 0. The van der Waals surface area contributed by atoms with Crippen molar-refractivity contribution in [1.82, 2.24) is 4.57 Å². The van der Waals surface area contributed by atoms with Gasteiger partial charge in [-0.1, -0.05) is 0 Å². The molecule has 1 aromatic rings. The molecule has 0 bridgehead atoms. The summed E-state index contributed by atoms with van der Waals surface area (Å²) in [4.78, 5) is 11.4. The van der Waals surface area contributed by atoms with Crippen LogP contribution in [0.1, 0.15) is 13.8 Å². The highest BCUT2D eigenvalue weighted by molar-refractivity contribution is 5.70. The molecule has 0 radical (unpaired) electrons. The second kappa shape index (κ2) is 5.55. The summed E-state index contributed by atoms with van der Waals surface area (Å²) in [6, 6.07) is 0. The summed E-state index contributed by atoms with van der Waals surface area (Å²) in [5.74, 6) is 0. The van der Waals surface area contributed by atoms with Gasteiger partial charge >= 0.3 is 6.09 Å². The molecule has 1 aromatic heterocycles. The minimum Gasteiger partial charge on any atom is -1.00 e. The molecule has 16 heavy (non-hydrogen) atoms. The standard InChI is InChI=1S/C9H13F2N2O2.HI/c1-9(2,7(10)11)15-8(14)13-5-4-12(3)6-13;/h4-7H,1-3H3;1H/q+1;/p-1. The normalized spacial score (nSPS) is 11.1. The fourth-order valence-electron chi connectivity index (χ4n) is 0.880. The van der Waals surface area contributed by atoms with Crippen molar-refractivity contribution in [3.8, 4) is 0 Å². The van der Waals surface area contributed by atoms with E-state index in [0.29, 0.717) is 0 Å². The molecule has 0 fully saturated rings. The van der Waals surface area contributed by atoms with Crippen LogP contribution in [0.4, 0.5) is 13.6 Å². The van der Waals surface area contributed by atoms with Crippen molar-refractivity contribution < 1.29 is 46.9 Å². The van der Waals surface area contributed by atoms with Gasteiger partial charge < -0.3 is 28.7 Å². The summed E-state index contributed by atoms with van der Waals surface area (Å²) >= 11 is 0. The molecule has 1 heterocycles. The van der Waals surface area contributed by atoms with Crippen LogP contribution >= 0.6 is 0 Å². The molecular weight excluding hydrogens is 333 g/mol. The number of rotatable bonds is 2. The predicted octanol–water partition coefficient (Wildman–Crippen LogP) is -1.65. The zero-order valence-electron chi connectivity index (χ0n) is 9.15. The molecule has 1 rings (SSSR count). The van der Waals surface area contributed by atoms with E-state index in [1.807, 2.05) is 0 Å². The van der Waals surface area contributed by atoms with Crippen molar-refractivity contribution in [3.05, 3.63) is 18.7 Å². The molecule has 4 nitrogen and oxygen atoms in total. The number of aromatic nitrogens is 2. The van der Waals surface area contributed by atoms with Crippen molar-refractivity contribution in [1.29, 1.82) is 0 Å². The number of aryl methyl sites for hydroxylation is 1. The average Bonchev–Trinajstić information content (AvgIpc) is 2.50. The number of hydrogen-bond donors (Lipinski definition) is 0. The van der Waals surface area contributed by atoms with Gasteiger partial charge in [-0.3, -0.25) is 0 Å². The summed E-state index contributed by atoms with van der Waals surface area (Å²) in [7, 11) is 1.71. The van der Waals surface area contributed by atoms with E-state index in [1.54, 1.807) is 17.8 Å². The Morgan fingerprint density at radius 1 is 1.50 bits per heavy atom. The molecule has 0 saturated heterocycles. The van der Waals surface area contributed by atoms with Gasteiger partial charge in [-0.15, -0.1) is 4.57 Å². The van der Waals surface area contributed by atoms with E-state index in [4.69, 9.17) is 0 Å². The maximum Gasteiger partial charge on any atom is 0.512 e. The Bertz CT molecular complexity index is 366. The van der Waals surface area contributed by atoms with E-state index < -0.39 is 18.1 Å². The summed E-state index contributed by atoms with van der Waals surface area (Å²) in [6.45, 7) is 2.33. The second-order valence-corrected chi connectivity index (χ2v) is 3.76. The molecule has 0 spiro atoms. The largest absolute Gasteiger partial charge is 1.00 e. The van der Waals surface area contributed by atoms with Gasteiger partial charge in [0.25, 0.3) is 12.8 Å². The lowest BCUT2D eigenvalue weighted by Gasteiger charge is -2.21. The van der Waals surface area contributed by atoms with Crippen molar-refractivity contribution in [2.45, 2.75) is 25.9 Å². The third kappa shape index (κ3) is 3.69. The first-order valence-corrected chi connectivity index (χ1v) is 4.37. The SMILES string of the molecule is C[n+]1ccn(C(=O)OC(C)(C)C(F)F)c1.[I-]. The number of imidazole rings is 1. The van der Waals surface area contributed by atoms with Gasteiger partial charge in [0, 0.05) is 0 Å². The highest BCUT2D eigenvalue weighted by Crippen LogP contribution is 2.19. The minimum absolute atomic E-state index is 0. The van der Waals surface area contributed by atoms with E-state index in [9.17, 15) is 13.6 Å². The molecule has 0 unspecified atom stereocenters. The Hall–Kier alpha value is -0.730. The van der Waals surface area contributed by atoms with Crippen LogP contribution in [0, 0.1) is 0 Å². The molecule has 0 amide bonds. The zero-order chi connectivity index (χ0) is 11.6. The first-order valence-electron chi connectivity index (χ1n) is 4.37. The lowest BCUT2D eigenvalue weighted by Crippen LogP contribution is -3.00. The Morgan fingerprint density at radius 3 is 2.44 bits per heavy atom. The van der Waals surface area contributed by atoms with E-state index in [2.05, 4.69) is 4.74 Å². The van der Waals surface area contributed by atoms with Gasteiger partial charge in [-0.2, -0.15) is 4.79 Å². The topological polar surface area (TPSA) is 35.1 Å². The van der Waals surface area contributed by atoms with Crippen LogP contribution < -0.4 is 28.5 Å². The quantitative estimate of drug-likeness (QED) is 0.475. The molecule has 7 heteroatoms. The molecule has 0 aliphatic rings. The number of alkyl halides is 2. The number of hydrogen-bond acceptors (Lipinski definition) is 2. The van der Waals surface area contributed by atoms with Crippen LogP contribution in [0.3, 0.4) is 0 Å². The second-order valence-electron chi connectivity index (χ2n) is 3.76. The van der Waals surface area contributed by atoms with Gasteiger partial charge in [-0.05, 0) is 13.8 Å². The zero-order valence-corrected chi connectivity index (χ0v) is 11.3. The molecule has 0 aliphatic heterocycles. The van der Waals surface area contributed by atoms with Gasteiger partial charge in [-0.25, -0.2) is 13.3 Å². The van der Waals surface area contributed by atoms with Crippen molar-refractivity contribution >= 4 is 6.09 Å². The molecular formula is C9H13F2IN2O2. The highest BCUT2D eigenvalue weighted by atomic mass is 127. The number of carbonyl (C=O) groups is 1. The van der Waals surface area contributed by atoms with E-state index >= 15 is 0 Å². The summed E-state index contributed by atoms with van der Waals surface area (Å²) in [5.41, 5.74) is -1.78. The number of nitrogens with zero attached hydrogens (tertiary/aromatic N) is 2. The van der Waals surface area contributed by atoms with Gasteiger partial charge in [0.05, 0.1) is 7.05 Å². The monoisotopic (exact) mass is 346 g/mol. The molecule has 0 saturated carbocycles. The Labute approximate surface area is 109 Å². The van der Waals surface area contributed by atoms with Crippen LogP contribution in [-0.2, 0) is 11.8 Å². The van der Waals surface area contributed by atoms with Crippen LogP contribution in [0.2, 0.25) is 0 Å². The van der Waals surface area contributed by atoms with Gasteiger partial charge in [0.1, 0.15) is 12.4 Å². The molecule has 92 valence electrons. The third-order valence-electron chi connectivity index (χ3n) is 1.86. The smallest absolute Gasteiger partial charge is 0.512 e. The Kier molecular flexibility index (Phi) is 5.30. The number of halogens is 3. The van der Waals surface area contributed by atoms with E-state index in [1.165, 1.54) is 26.4 Å². The van der Waals surface area contributed by atoms with Gasteiger partial charge in [0.15, 0.2) is 5.60 Å². The van der Waals surface area contributed by atoms with Crippen molar-refractivity contribution in [2.75, 3.05) is 0 Å². The molecule has 0 aromatic carbocycles. The third-order valence-corrected chi connectivity index (χ3v) is 1.86. The first-order chi connectivity index (χ1) is 6.83. The summed E-state index contributed by atoms with van der Waals surface area (Å²) in [6.07, 6.45) is 0.941. The van der Waals surface area contributed by atoms with Crippen molar-refractivity contribution in [3.63, 3.8) is 0 Å². The lowest BCUT2D eigenvalue weighted by molar-refractivity contribution is -0.670. The maximum atomic E-state index is 12.4. The average molecular weight is 346 g/mol. The van der Waals surface area contributed by atoms with Gasteiger partial charge in [0.2, 0.25) is 0 Å². The van der Waals surface area contributed by atoms with Crippen LogP contribution in [0.5, 0.6) is 0 Å². The maximum absolute atomic E-state index is 12.4. The molecule has 0 aliphatic carbocycles. The Balaban J connectivity index is 0.00000225. The van der Waals surface area contributed by atoms with E-state index in [-0.39, 0.29) is 24.0 Å². The van der Waals surface area contributed by atoms with Crippen LogP contribution in [0.15, 0.2) is 18.7 Å². The predicted molar refractivity (Wildman–Crippen MR) is 47.6 cm³/mol. The first kappa shape index (κ1) is 15.3. The Morgan fingerprint density at radius 2 is 2.06 bits per heavy atom.